The van der Waals surface area contributed by atoms with Crippen LogP contribution in [0.4, 0.5) is 23.1 Å². The van der Waals surface area contributed by atoms with Gasteiger partial charge in [0.15, 0.2) is 0 Å². The summed E-state index contributed by atoms with van der Waals surface area (Å²) in [5.74, 6) is 0.766. The fourth-order valence-corrected chi connectivity index (χ4v) is 2.96. The molecule has 0 bridgehead atoms. The molecule has 2 aromatic rings. The molecule has 0 unspecified atom stereocenters. The lowest BCUT2D eigenvalue weighted by atomic mass is 10.2. The molecule has 0 aliphatic carbocycles. The minimum Gasteiger partial charge on any atom is -0.395 e. The Morgan fingerprint density at radius 1 is 1.21 bits per heavy atom. The van der Waals surface area contributed by atoms with Gasteiger partial charge in [0.05, 0.1) is 19.8 Å². The molecule has 9 heteroatoms. The van der Waals surface area contributed by atoms with Crippen molar-refractivity contribution >= 4 is 29.0 Å². The van der Waals surface area contributed by atoms with Crippen LogP contribution in [0.15, 0.2) is 30.3 Å². The van der Waals surface area contributed by atoms with Crippen molar-refractivity contribution in [3.05, 3.63) is 36.0 Å². The maximum Gasteiger partial charge on any atom is 0.274 e. The third-order valence-corrected chi connectivity index (χ3v) is 4.67. The third-order valence-electron chi connectivity index (χ3n) is 4.67. The Balaban J connectivity index is 1.88. The summed E-state index contributed by atoms with van der Waals surface area (Å²) >= 11 is 0. The molecular formula is C20H28N6O3. The Morgan fingerprint density at radius 2 is 1.97 bits per heavy atom. The number of aliphatic hydroxyl groups is 1. The quantitative estimate of drug-likeness (QED) is 0.713. The van der Waals surface area contributed by atoms with E-state index in [2.05, 4.69) is 15.3 Å². The Kier molecular flexibility index (Phi) is 6.84. The largest absolute Gasteiger partial charge is 0.395 e. The number of hydrogen-bond donors (Lipinski definition) is 2. The first-order valence-electron chi connectivity index (χ1n) is 9.60. The molecule has 0 spiro atoms. The van der Waals surface area contributed by atoms with E-state index in [0.717, 1.165) is 5.69 Å². The van der Waals surface area contributed by atoms with Crippen LogP contribution >= 0.6 is 0 Å². The van der Waals surface area contributed by atoms with Gasteiger partial charge in [-0.2, -0.15) is 4.98 Å². The number of carbonyl (C=O) groups excluding carboxylic acids is 1. The van der Waals surface area contributed by atoms with Crippen LogP contribution in [0.25, 0.3) is 0 Å². The SMILES string of the molecule is CN(C)c1cccc(NC(=O)c2cc(N(C)CCO)nc(N3CCOCC3)n2)c1. The number of carbonyl (C=O) groups is 1. The van der Waals surface area contributed by atoms with Gasteiger partial charge in [0.2, 0.25) is 5.95 Å². The van der Waals surface area contributed by atoms with Crippen molar-refractivity contribution in [1.82, 2.24) is 9.97 Å². The predicted octanol–water partition coefficient (Wildman–Crippen LogP) is 1.06. The van der Waals surface area contributed by atoms with Gasteiger partial charge in [-0.3, -0.25) is 4.79 Å². The molecule has 1 aromatic carbocycles. The van der Waals surface area contributed by atoms with Gasteiger partial charge in [-0.05, 0) is 18.2 Å². The number of anilines is 4. The molecule has 0 saturated carbocycles. The van der Waals surface area contributed by atoms with Gasteiger partial charge in [-0.15, -0.1) is 0 Å². The van der Waals surface area contributed by atoms with Crippen molar-refractivity contribution in [1.29, 1.82) is 0 Å². The van der Waals surface area contributed by atoms with E-state index in [4.69, 9.17) is 4.74 Å². The second-order valence-corrected chi connectivity index (χ2v) is 7.05. The highest BCUT2D eigenvalue weighted by Gasteiger charge is 2.20. The van der Waals surface area contributed by atoms with E-state index >= 15 is 0 Å². The fourth-order valence-electron chi connectivity index (χ4n) is 2.96. The fraction of sp³-hybridized carbons (Fsp3) is 0.450. The normalized spacial score (nSPS) is 13.9. The van der Waals surface area contributed by atoms with Gasteiger partial charge in [0.25, 0.3) is 5.91 Å². The first-order valence-corrected chi connectivity index (χ1v) is 9.60. The van der Waals surface area contributed by atoms with Crippen molar-refractivity contribution in [3.8, 4) is 0 Å². The number of nitrogens with zero attached hydrogens (tertiary/aromatic N) is 5. The zero-order chi connectivity index (χ0) is 20.8. The molecule has 1 fully saturated rings. The van der Waals surface area contributed by atoms with Crippen molar-refractivity contribution in [2.75, 3.05) is 80.6 Å². The monoisotopic (exact) mass is 400 g/mol. The molecule has 0 atom stereocenters. The molecule has 2 N–H and O–H groups in total. The highest BCUT2D eigenvalue weighted by atomic mass is 16.5. The minimum atomic E-state index is -0.309. The number of benzene rings is 1. The van der Waals surface area contributed by atoms with Crippen LogP contribution in [0.2, 0.25) is 0 Å². The number of hydrogen-bond acceptors (Lipinski definition) is 8. The van der Waals surface area contributed by atoms with Gasteiger partial charge in [0.1, 0.15) is 11.5 Å². The second-order valence-electron chi connectivity index (χ2n) is 7.05. The van der Waals surface area contributed by atoms with E-state index in [9.17, 15) is 9.90 Å². The molecule has 9 nitrogen and oxygen atoms in total. The molecule has 1 saturated heterocycles. The summed E-state index contributed by atoms with van der Waals surface area (Å²) in [6.45, 7) is 2.92. The van der Waals surface area contributed by atoms with Crippen molar-refractivity contribution in [2.45, 2.75) is 0 Å². The van der Waals surface area contributed by atoms with Crippen LogP contribution in [0.5, 0.6) is 0 Å². The summed E-state index contributed by atoms with van der Waals surface area (Å²) in [7, 11) is 5.72. The molecule has 0 radical (unpaired) electrons. The number of nitrogens with one attached hydrogen (secondary N) is 1. The summed E-state index contributed by atoms with van der Waals surface area (Å²) in [4.78, 5) is 27.8. The smallest absolute Gasteiger partial charge is 0.274 e. The van der Waals surface area contributed by atoms with Gasteiger partial charge in [-0.25, -0.2) is 4.98 Å². The summed E-state index contributed by atoms with van der Waals surface area (Å²) in [5, 5.41) is 12.2. The topological polar surface area (TPSA) is 94.1 Å². The molecule has 1 aromatic heterocycles. The lowest BCUT2D eigenvalue weighted by Gasteiger charge is -2.28. The van der Waals surface area contributed by atoms with E-state index in [-0.39, 0.29) is 18.2 Å². The maximum absolute atomic E-state index is 12.9. The lowest BCUT2D eigenvalue weighted by Crippen LogP contribution is -2.38. The van der Waals surface area contributed by atoms with Crippen LogP contribution in [-0.2, 0) is 4.74 Å². The van der Waals surface area contributed by atoms with Crippen LogP contribution in [0.3, 0.4) is 0 Å². The maximum atomic E-state index is 12.9. The van der Waals surface area contributed by atoms with Crippen molar-refractivity contribution in [2.24, 2.45) is 0 Å². The Morgan fingerprint density at radius 3 is 2.66 bits per heavy atom. The average Bonchev–Trinajstić information content (AvgIpc) is 2.74. The number of amides is 1. The molecule has 1 aliphatic rings. The average molecular weight is 400 g/mol. The van der Waals surface area contributed by atoms with Crippen LogP contribution in [-0.4, -0.2) is 81.6 Å². The minimum absolute atomic E-state index is 0.00769. The third kappa shape index (κ3) is 5.33. The number of morpholine rings is 1. The number of rotatable bonds is 7. The first-order chi connectivity index (χ1) is 14.0. The zero-order valence-electron chi connectivity index (χ0n) is 17.1. The molecule has 2 heterocycles. The second kappa shape index (κ2) is 9.53. The van der Waals surface area contributed by atoms with Crippen molar-refractivity contribution in [3.63, 3.8) is 0 Å². The summed E-state index contributed by atoms with van der Waals surface area (Å²) in [6, 6.07) is 9.25. The summed E-state index contributed by atoms with van der Waals surface area (Å²) in [5.41, 5.74) is 1.96. The standard InChI is InChI=1S/C20H28N6O3/c1-24(2)16-6-4-5-15(13-16)21-19(28)17-14-18(25(3)7-10-27)23-20(22-17)26-8-11-29-12-9-26/h4-6,13-14,27H,7-12H2,1-3H3,(H,21,28). The van der Waals surface area contributed by atoms with Gasteiger partial charge in [-0.1, -0.05) is 6.07 Å². The highest BCUT2D eigenvalue weighted by molar-refractivity contribution is 6.03. The number of likely N-dealkylation sites (N-methyl/N-ethyl adjacent to an activating group) is 1. The van der Waals surface area contributed by atoms with E-state index in [1.165, 1.54) is 0 Å². The molecule has 1 amide bonds. The van der Waals surface area contributed by atoms with E-state index in [0.29, 0.717) is 50.3 Å². The van der Waals surface area contributed by atoms with Gasteiger partial charge >= 0.3 is 0 Å². The van der Waals surface area contributed by atoms with Gasteiger partial charge in [0, 0.05) is 58.2 Å². The zero-order valence-corrected chi connectivity index (χ0v) is 17.1. The molecule has 3 rings (SSSR count). The van der Waals surface area contributed by atoms with Crippen LogP contribution in [0, 0.1) is 0 Å². The summed E-state index contributed by atoms with van der Waals surface area (Å²) in [6.07, 6.45) is 0. The van der Waals surface area contributed by atoms with E-state index in [1.807, 2.05) is 55.2 Å². The van der Waals surface area contributed by atoms with Crippen molar-refractivity contribution < 1.29 is 14.6 Å². The predicted molar refractivity (Wildman–Crippen MR) is 114 cm³/mol. The van der Waals surface area contributed by atoms with Crippen LogP contribution < -0.4 is 20.0 Å². The number of ether oxygens (including phenoxy) is 1. The highest BCUT2D eigenvalue weighted by Crippen LogP contribution is 2.21. The Bertz CT molecular complexity index is 839. The molecule has 156 valence electrons. The lowest BCUT2D eigenvalue weighted by molar-refractivity contribution is 0.102. The summed E-state index contributed by atoms with van der Waals surface area (Å²) < 4.78 is 5.40. The first kappa shape index (κ1) is 20.8. The Labute approximate surface area is 170 Å². The number of aromatic nitrogens is 2. The number of aliphatic hydroxyl groups excluding tert-OH is 1. The molecule has 29 heavy (non-hydrogen) atoms. The molecular weight excluding hydrogens is 372 g/mol. The molecule has 1 aliphatic heterocycles. The van der Waals surface area contributed by atoms with E-state index < -0.39 is 0 Å². The Hall–Kier alpha value is -2.91. The van der Waals surface area contributed by atoms with Crippen LogP contribution in [0.1, 0.15) is 10.5 Å². The van der Waals surface area contributed by atoms with E-state index in [1.54, 1.807) is 11.0 Å². The van der Waals surface area contributed by atoms with Gasteiger partial charge < -0.3 is 29.9 Å².